The molecule has 0 spiro atoms. The highest BCUT2D eigenvalue weighted by molar-refractivity contribution is 7.80. The highest BCUT2D eigenvalue weighted by Gasteiger charge is 2.41. The van der Waals surface area contributed by atoms with Crippen LogP contribution in [0.3, 0.4) is 0 Å². The molecule has 1 saturated heterocycles. The van der Waals surface area contributed by atoms with Crippen LogP contribution in [0.1, 0.15) is 77.0 Å². The standard InChI is InChI=1S/C46H72N8O12S/c1-29(2)19-37(40(57)21-32(20-33-24-49-28-51-33)44(61)53-38(26-55)41(58)23-35(30(3)56)43(48)60)52-46(63)39-22-34(66-14-8-7-11-31-9-5-4-6-10-31)25-54(39)42(59)12-15-64-17-18-65-16-13-50-45(62)36(47)27-67/h4-6,9-10,24,28-30,32,34-39,55-56,67H,7-8,11-23,25-27,47H2,1-3H3,(H2,48,60)(H,49,51)(H,50,62)(H,52,63)(H,53,61)/t30-,32-,34-,35+,36+,37+,38+,39+/m1/s1. The van der Waals surface area contributed by atoms with Gasteiger partial charge in [0, 0.05) is 63.0 Å². The monoisotopic (exact) mass is 960 g/mol. The number of hydrogen-bond acceptors (Lipinski definition) is 15. The largest absolute Gasteiger partial charge is 0.394 e. The third kappa shape index (κ3) is 20.6. The minimum absolute atomic E-state index is 0.0164. The smallest absolute Gasteiger partial charge is 0.243 e. The number of likely N-dealkylation sites (tertiary alicyclic amines) is 1. The molecule has 21 heteroatoms. The third-order valence-electron chi connectivity index (χ3n) is 11.4. The number of benzene rings is 1. The summed E-state index contributed by atoms with van der Waals surface area (Å²) in [5, 5.41) is 28.1. The number of hydrogen-bond donors (Lipinski definition) is 9. The van der Waals surface area contributed by atoms with E-state index in [-0.39, 0.29) is 95.1 Å². The number of primary amides is 1. The van der Waals surface area contributed by atoms with Crippen molar-refractivity contribution in [1.82, 2.24) is 30.8 Å². The predicted octanol–water partition coefficient (Wildman–Crippen LogP) is -0.217. The fourth-order valence-electron chi connectivity index (χ4n) is 7.55. The zero-order valence-corrected chi connectivity index (χ0v) is 39.8. The molecular weight excluding hydrogens is 889 g/mol. The molecule has 20 nitrogen and oxygen atoms in total. The Balaban J connectivity index is 1.70. The number of amides is 5. The van der Waals surface area contributed by atoms with E-state index < -0.39 is 90.5 Å². The summed E-state index contributed by atoms with van der Waals surface area (Å²) in [4.78, 5) is 101. The maximum Gasteiger partial charge on any atom is 0.243 e. The Labute approximate surface area is 398 Å². The molecule has 1 aliphatic heterocycles. The van der Waals surface area contributed by atoms with E-state index in [0.717, 1.165) is 19.3 Å². The van der Waals surface area contributed by atoms with Gasteiger partial charge in [-0.25, -0.2) is 4.98 Å². The fraction of sp³-hybridized carbons (Fsp3) is 0.652. The number of aliphatic hydroxyl groups is 2. The maximum absolute atomic E-state index is 14.2. The molecule has 1 fully saturated rings. The van der Waals surface area contributed by atoms with Gasteiger partial charge in [0.15, 0.2) is 11.6 Å². The number of carbonyl (C=O) groups is 7. The number of aryl methyl sites for hydroxylation is 1. The quantitative estimate of drug-likeness (QED) is 0.0324. The van der Waals surface area contributed by atoms with Crippen LogP contribution < -0.4 is 27.4 Å². The Morgan fingerprint density at radius 2 is 1.63 bits per heavy atom. The van der Waals surface area contributed by atoms with Gasteiger partial charge in [-0.05, 0) is 44.1 Å². The minimum Gasteiger partial charge on any atom is -0.394 e. The molecule has 10 N–H and O–H groups in total. The van der Waals surface area contributed by atoms with Crippen LogP contribution in [0.4, 0.5) is 0 Å². The van der Waals surface area contributed by atoms with Gasteiger partial charge in [-0.15, -0.1) is 0 Å². The van der Waals surface area contributed by atoms with Crippen molar-refractivity contribution in [3.05, 3.63) is 54.1 Å². The molecule has 2 aromatic rings. The molecular formula is C46H72N8O12S. The van der Waals surface area contributed by atoms with Crippen molar-refractivity contribution in [1.29, 1.82) is 0 Å². The second kappa shape index (κ2) is 30.6. The Morgan fingerprint density at radius 1 is 0.925 bits per heavy atom. The summed E-state index contributed by atoms with van der Waals surface area (Å²) in [5.74, 6) is -6.32. The van der Waals surface area contributed by atoms with Gasteiger partial charge in [-0.1, -0.05) is 44.2 Å². The van der Waals surface area contributed by atoms with Crippen LogP contribution in [0, 0.1) is 17.8 Å². The van der Waals surface area contributed by atoms with Crippen LogP contribution in [-0.2, 0) is 60.6 Å². The van der Waals surface area contributed by atoms with E-state index in [2.05, 4.69) is 50.7 Å². The molecule has 0 aliphatic carbocycles. The first-order valence-corrected chi connectivity index (χ1v) is 23.6. The number of imidazole rings is 1. The fourth-order valence-corrected chi connectivity index (χ4v) is 7.72. The Morgan fingerprint density at radius 3 is 2.25 bits per heavy atom. The number of nitrogens with one attached hydrogen (secondary N) is 4. The summed E-state index contributed by atoms with van der Waals surface area (Å²) in [6, 6.07) is 5.89. The second-order valence-corrected chi connectivity index (χ2v) is 17.7. The van der Waals surface area contributed by atoms with E-state index in [0.29, 0.717) is 12.3 Å². The molecule has 0 saturated carbocycles. The molecule has 67 heavy (non-hydrogen) atoms. The number of carbonyl (C=O) groups excluding carboxylic acids is 7. The normalized spacial score (nSPS) is 17.5. The number of ketones is 2. The molecule has 5 amide bonds. The number of nitrogens with zero attached hydrogens (tertiary/aromatic N) is 2. The maximum atomic E-state index is 14.2. The van der Waals surface area contributed by atoms with E-state index >= 15 is 0 Å². The van der Waals surface area contributed by atoms with Gasteiger partial charge >= 0.3 is 0 Å². The first-order valence-electron chi connectivity index (χ1n) is 23.0. The molecule has 0 bridgehead atoms. The summed E-state index contributed by atoms with van der Waals surface area (Å²) in [6.07, 6.45) is 3.14. The number of H-pyrrole nitrogens is 1. The molecule has 8 atom stereocenters. The number of ether oxygens (including phenoxy) is 3. The Bertz CT molecular complexity index is 1840. The lowest BCUT2D eigenvalue weighted by Crippen LogP contribution is -2.52. The number of Topliss-reactive ketones (excluding diaryl/α,β-unsaturated/α-hetero) is 2. The molecule has 0 radical (unpaired) electrons. The number of aromatic amines is 1. The molecule has 1 aromatic carbocycles. The predicted molar refractivity (Wildman–Crippen MR) is 250 cm³/mol. The lowest BCUT2D eigenvalue weighted by molar-refractivity contribution is -0.140. The first-order chi connectivity index (χ1) is 32.0. The lowest BCUT2D eigenvalue weighted by Gasteiger charge is -2.28. The molecule has 2 heterocycles. The zero-order valence-electron chi connectivity index (χ0n) is 38.9. The molecule has 1 aliphatic rings. The van der Waals surface area contributed by atoms with Crippen LogP contribution in [0.15, 0.2) is 42.9 Å². The second-order valence-electron chi connectivity index (χ2n) is 17.3. The molecule has 1 aromatic heterocycles. The Hall–Kier alpha value is -4.77. The number of rotatable bonds is 34. The van der Waals surface area contributed by atoms with Crippen LogP contribution in [-0.4, -0.2) is 161 Å². The molecule has 374 valence electrons. The van der Waals surface area contributed by atoms with Crippen molar-refractivity contribution in [3.63, 3.8) is 0 Å². The highest BCUT2D eigenvalue weighted by atomic mass is 32.1. The van der Waals surface area contributed by atoms with Gasteiger partial charge in [0.25, 0.3) is 0 Å². The average molecular weight is 961 g/mol. The van der Waals surface area contributed by atoms with Crippen molar-refractivity contribution < 1.29 is 58.0 Å². The van der Waals surface area contributed by atoms with Crippen molar-refractivity contribution in [2.45, 2.75) is 115 Å². The SMILES string of the molecule is CC(C)C[C@H](NC(=O)[C@@H]1C[C@@H](OCCCCc2ccccc2)CN1C(=O)CCOCCOCCNC(=O)[C@@H](N)CS)C(=O)C[C@@H](Cc1cnc[nH]1)C(=O)N[C@@H](CO)C(=O)C[C@H](C(N)=O)[C@@H](C)O. The van der Waals surface area contributed by atoms with Gasteiger partial charge in [0.1, 0.15) is 12.1 Å². The van der Waals surface area contributed by atoms with Crippen molar-refractivity contribution in [2.24, 2.45) is 29.2 Å². The Kier molecular flexibility index (Phi) is 25.8. The van der Waals surface area contributed by atoms with Crippen molar-refractivity contribution >= 4 is 53.7 Å². The average Bonchev–Trinajstić information content (AvgIpc) is 3.99. The van der Waals surface area contributed by atoms with Crippen LogP contribution in [0.25, 0.3) is 0 Å². The summed E-state index contributed by atoms with van der Waals surface area (Å²) in [5.41, 5.74) is 12.7. The molecule has 0 unspecified atom stereocenters. The summed E-state index contributed by atoms with van der Waals surface area (Å²) in [7, 11) is 0. The minimum atomic E-state index is -1.46. The summed E-state index contributed by atoms with van der Waals surface area (Å²) >= 11 is 4.01. The third-order valence-corrected chi connectivity index (χ3v) is 11.8. The van der Waals surface area contributed by atoms with Crippen LogP contribution >= 0.6 is 12.6 Å². The van der Waals surface area contributed by atoms with Crippen LogP contribution in [0.5, 0.6) is 0 Å². The number of unbranched alkanes of at least 4 members (excludes halogenated alkanes) is 1. The number of nitrogens with two attached hydrogens (primary N) is 2. The number of thiol groups is 1. The number of aliphatic hydroxyl groups excluding tert-OH is 2. The van der Waals surface area contributed by atoms with Gasteiger partial charge in [-0.3, -0.25) is 33.6 Å². The van der Waals surface area contributed by atoms with E-state index in [1.165, 1.54) is 29.9 Å². The van der Waals surface area contributed by atoms with E-state index in [1.54, 1.807) is 0 Å². The van der Waals surface area contributed by atoms with Crippen LogP contribution in [0.2, 0.25) is 0 Å². The summed E-state index contributed by atoms with van der Waals surface area (Å²) in [6.45, 7) is 5.75. The highest BCUT2D eigenvalue weighted by Crippen LogP contribution is 2.24. The lowest BCUT2D eigenvalue weighted by atomic mass is 9.89. The van der Waals surface area contributed by atoms with E-state index in [1.807, 2.05) is 32.0 Å². The van der Waals surface area contributed by atoms with E-state index in [4.69, 9.17) is 25.7 Å². The zero-order chi connectivity index (χ0) is 49.3. The first kappa shape index (κ1) is 56.6. The molecule has 3 rings (SSSR count). The summed E-state index contributed by atoms with van der Waals surface area (Å²) < 4.78 is 17.4. The van der Waals surface area contributed by atoms with E-state index in [9.17, 15) is 43.8 Å². The number of aromatic nitrogens is 2. The van der Waals surface area contributed by atoms with Gasteiger partial charge in [0.2, 0.25) is 29.5 Å². The van der Waals surface area contributed by atoms with Crippen molar-refractivity contribution in [2.75, 3.05) is 58.5 Å². The topological polar surface area (TPSA) is 308 Å². The van der Waals surface area contributed by atoms with Gasteiger partial charge in [-0.2, -0.15) is 12.6 Å². The van der Waals surface area contributed by atoms with Gasteiger partial charge < -0.3 is 61.7 Å². The van der Waals surface area contributed by atoms with Gasteiger partial charge in [0.05, 0.1) is 81.9 Å². The van der Waals surface area contributed by atoms with Crippen molar-refractivity contribution in [3.8, 4) is 0 Å².